The summed E-state index contributed by atoms with van der Waals surface area (Å²) in [6.45, 7) is 10.1. The minimum absolute atomic E-state index is 0.192. The molecule has 2 heteroatoms. The molecule has 1 aromatic heterocycles. The van der Waals surface area contributed by atoms with Crippen molar-refractivity contribution in [1.82, 2.24) is 0 Å². The summed E-state index contributed by atoms with van der Waals surface area (Å²) < 4.78 is 5.24. The average Bonchev–Trinajstić information content (AvgIpc) is 3.06. The molecular formula is C24H36O2. The zero-order chi connectivity index (χ0) is 18.6. The van der Waals surface area contributed by atoms with Crippen molar-refractivity contribution in [2.75, 3.05) is 0 Å². The van der Waals surface area contributed by atoms with E-state index in [2.05, 4.69) is 33.8 Å². The van der Waals surface area contributed by atoms with Gasteiger partial charge in [-0.3, -0.25) is 4.79 Å². The van der Waals surface area contributed by atoms with E-state index in [-0.39, 0.29) is 11.3 Å². The maximum absolute atomic E-state index is 13.0. The summed E-state index contributed by atoms with van der Waals surface area (Å²) in [5.74, 6) is 2.30. The van der Waals surface area contributed by atoms with Gasteiger partial charge in [-0.15, -0.1) is 0 Å². The van der Waals surface area contributed by atoms with Gasteiger partial charge in [-0.1, -0.05) is 34.1 Å². The fraction of sp³-hybridized carbons (Fsp3) is 0.792. The quantitative estimate of drug-likeness (QED) is 0.624. The molecule has 5 atom stereocenters. The van der Waals surface area contributed by atoms with Crippen LogP contribution in [0.3, 0.4) is 0 Å². The Morgan fingerprint density at radius 3 is 2.58 bits per heavy atom. The molecule has 26 heavy (non-hydrogen) atoms. The molecule has 144 valence electrons. The third kappa shape index (κ3) is 2.70. The number of carbonyl (C=O) groups is 1. The number of rotatable bonds is 3. The van der Waals surface area contributed by atoms with Gasteiger partial charge < -0.3 is 4.42 Å². The van der Waals surface area contributed by atoms with Gasteiger partial charge in [-0.2, -0.15) is 0 Å². The lowest BCUT2D eigenvalue weighted by Crippen LogP contribution is -2.59. The van der Waals surface area contributed by atoms with Gasteiger partial charge in [0, 0.05) is 12.3 Å². The highest BCUT2D eigenvalue weighted by molar-refractivity contribution is 5.83. The molecule has 1 heterocycles. The van der Waals surface area contributed by atoms with Crippen LogP contribution in [0.2, 0.25) is 0 Å². The Bertz CT molecular complexity index is 658. The number of ketones is 1. The van der Waals surface area contributed by atoms with Crippen LogP contribution >= 0.6 is 0 Å². The Morgan fingerprint density at radius 2 is 1.85 bits per heavy atom. The van der Waals surface area contributed by atoms with E-state index in [1.54, 1.807) is 6.26 Å². The molecule has 2 nitrogen and oxygen atoms in total. The van der Waals surface area contributed by atoms with Crippen LogP contribution in [0.15, 0.2) is 23.0 Å². The number of furan rings is 1. The van der Waals surface area contributed by atoms with Gasteiger partial charge >= 0.3 is 0 Å². The number of aryl methyl sites for hydroxylation is 1. The first kappa shape index (κ1) is 18.3. The van der Waals surface area contributed by atoms with Crippen molar-refractivity contribution in [2.45, 2.75) is 85.5 Å². The fourth-order valence-electron chi connectivity index (χ4n) is 7.83. The zero-order valence-corrected chi connectivity index (χ0v) is 17.1. The van der Waals surface area contributed by atoms with Gasteiger partial charge in [0.2, 0.25) is 0 Å². The highest BCUT2D eigenvalue weighted by Crippen LogP contribution is 2.68. The van der Waals surface area contributed by atoms with Crippen molar-refractivity contribution in [3.05, 3.63) is 24.2 Å². The first-order chi connectivity index (χ1) is 12.3. The largest absolute Gasteiger partial charge is 0.472 e. The van der Waals surface area contributed by atoms with Crippen LogP contribution in [0.5, 0.6) is 0 Å². The van der Waals surface area contributed by atoms with Gasteiger partial charge in [0.05, 0.1) is 12.5 Å². The molecule has 3 fully saturated rings. The summed E-state index contributed by atoms with van der Waals surface area (Å²) in [7, 11) is 0. The lowest BCUT2D eigenvalue weighted by atomic mass is 9.39. The highest BCUT2D eigenvalue weighted by atomic mass is 16.3. The SMILES string of the molecule is CC1(C)CCC[C@]2(C)[C@H]3CCC(=O)[C@H](CCc4ccoc4)[C@@]3(C)CC[C@@H]12. The normalized spacial score (nSPS) is 42.2. The van der Waals surface area contributed by atoms with Crippen LogP contribution in [0.25, 0.3) is 0 Å². The van der Waals surface area contributed by atoms with Crippen molar-refractivity contribution >= 4 is 5.78 Å². The second-order valence-electron chi connectivity index (χ2n) is 10.7. The van der Waals surface area contributed by atoms with Crippen molar-refractivity contribution in [3.8, 4) is 0 Å². The Morgan fingerprint density at radius 1 is 1.04 bits per heavy atom. The Labute approximate surface area is 159 Å². The number of hydrogen-bond donors (Lipinski definition) is 0. The summed E-state index contributed by atoms with van der Waals surface area (Å²) in [6.07, 6.45) is 14.1. The van der Waals surface area contributed by atoms with Gasteiger partial charge in [-0.05, 0) is 84.7 Å². The molecule has 0 spiro atoms. The van der Waals surface area contributed by atoms with Crippen LogP contribution in [0, 0.1) is 34.0 Å². The van der Waals surface area contributed by atoms with Crippen molar-refractivity contribution in [1.29, 1.82) is 0 Å². The van der Waals surface area contributed by atoms with Gasteiger partial charge in [0.15, 0.2) is 0 Å². The minimum atomic E-state index is 0.192. The van der Waals surface area contributed by atoms with Crippen LogP contribution in [0.1, 0.15) is 84.6 Å². The summed E-state index contributed by atoms with van der Waals surface area (Å²) in [5.41, 5.74) is 2.31. The van der Waals surface area contributed by atoms with Gasteiger partial charge in [0.1, 0.15) is 5.78 Å². The van der Waals surface area contributed by atoms with Gasteiger partial charge in [0.25, 0.3) is 0 Å². The van der Waals surface area contributed by atoms with Crippen molar-refractivity contribution < 1.29 is 9.21 Å². The third-order valence-corrected chi connectivity index (χ3v) is 9.01. The van der Waals surface area contributed by atoms with E-state index in [1.807, 2.05) is 6.26 Å². The molecule has 3 aliphatic rings. The molecule has 0 radical (unpaired) electrons. The molecule has 1 aromatic rings. The van der Waals surface area contributed by atoms with E-state index in [0.29, 0.717) is 22.5 Å². The lowest BCUT2D eigenvalue weighted by Gasteiger charge is -2.65. The van der Waals surface area contributed by atoms with E-state index < -0.39 is 0 Å². The Kier molecular flexibility index (Phi) is 4.40. The predicted molar refractivity (Wildman–Crippen MR) is 105 cm³/mol. The molecule has 3 saturated carbocycles. The molecule has 0 saturated heterocycles. The Hall–Kier alpha value is -1.05. The highest BCUT2D eigenvalue weighted by Gasteiger charge is 2.61. The maximum atomic E-state index is 13.0. The van der Waals surface area contributed by atoms with E-state index in [4.69, 9.17) is 4.42 Å². The minimum Gasteiger partial charge on any atom is -0.472 e. The maximum Gasteiger partial charge on any atom is 0.136 e. The zero-order valence-electron chi connectivity index (χ0n) is 17.1. The molecule has 0 aliphatic heterocycles. The third-order valence-electron chi connectivity index (χ3n) is 9.01. The molecule has 4 rings (SSSR count). The van der Waals surface area contributed by atoms with Gasteiger partial charge in [-0.25, -0.2) is 0 Å². The first-order valence-corrected chi connectivity index (χ1v) is 10.8. The fourth-order valence-corrected chi connectivity index (χ4v) is 7.83. The molecule has 0 aromatic carbocycles. The molecule has 0 bridgehead atoms. The first-order valence-electron chi connectivity index (χ1n) is 10.8. The van der Waals surface area contributed by atoms with Crippen LogP contribution in [0.4, 0.5) is 0 Å². The molecule has 3 aliphatic carbocycles. The monoisotopic (exact) mass is 356 g/mol. The summed E-state index contributed by atoms with van der Waals surface area (Å²) in [5, 5.41) is 0. The second-order valence-corrected chi connectivity index (χ2v) is 10.7. The smallest absolute Gasteiger partial charge is 0.136 e. The standard InChI is InChI=1S/C24H36O2/c1-22(2)12-5-13-24(4)20(22)10-14-23(3)18(19(25)8-9-21(23)24)7-6-17-11-15-26-16-17/h11,15-16,18,20-21H,5-10,12-14H2,1-4H3/t18-,20-,21-,23+,24-/m0/s1. The number of fused-ring (bicyclic) bond motifs is 3. The molecule has 0 N–H and O–H groups in total. The lowest BCUT2D eigenvalue weighted by molar-refractivity contribution is -0.172. The van der Waals surface area contributed by atoms with Crippen LogP contribution in [-0.4, -0.2) is 5.78 Å². The molecule has 0 unspecified atom stereocenters. The summed E-state index contributed by atoms with van der Waals surface area (Å²) >= 11 is 0. The topological polar surface area (TPSA) is 30.2 Å². The predicted octanol–water partition coefficient (Wildman–Crippen LogP) is 6.44. The number of carbonyl (C=O) groups excluding carboxylic acids is 1. The van der Waals surface area contributed by atoms with E-state index >= 15 is 0 Å². The van der Waals surface area contributed by atoms with E-state index in [9.17, 15) is 4.79 Å². The number of Topliss-reactive ketones (excluding diaryl/α,β-unsaturated/α-hetero) is 1. The molecule has 0 amide bonds. The number of hydrogen-bond acceptors (Lipinski definition) is 2. The summed E-state index contributed by atoms with van der Waals surface area (Å²) in [4.78, 5) is 13.0. The molecular weight excluding hydrogens is 320 g/mol. The Balaban J connectivity index is 1.62. The summed E-state index contributed by atoms with van der Waals surface area (Å²) in [6, 6.07) is 2.05. The van der Waals surface area contributed by atoms with Crippen molar-refractivity contribution in [3.63, 3.8) is 0 Å². The van der Waals surface area contributed by atoms with Crippen molar-refractivity contribution in [2.24, 2.45) is 34.0 Å². The van der Waals surface area contributed by atoms with E-state index in [0.717, 1.165) is 31.6 Å². The second kappa shape index (κ2) is 6.24. The average molecular weight is 357 g/mol. The van der Waals surface area contributed by atoms with E-state index in [1.165, 1.54) is 37.7 Å². The van der Waals surface area contributed by atoms with Crippen LogP contribution in [-0.2, 0) is 11.2 Å². The van der Waals surface area contributed by atoms with Crippen LogP contribution < -0.4 is 0 Å².